The lowest BCUT2D eigenvalue weighted by atomic mass is 9.67. The third kappa shape index (κ3) is 1.58. The third-order valence-electron chi connectivity index (χ3n) is 2.96. The number of aromatic nitrogens is 3. The van der Waals surface area contributed by atoms with Crippen LogP contribution in [0.1, 0.15) is 25.0 Å². The van der Waals surface area contributed by atoms with Crippen LogP contribution in [0.2, 0.25) is 0 Å². The molecule has 0 aromatic carbocycles. The van der Waals surface area contributed by atoms with Crippen LogP contribution in [0.4, 0.5) is 0 Å². The first kappa shape index (κ1) is 8.69. The maximum absolute atomic E-state index is 9.25. The van der Waals surface area contributed by atoms with Gasteiger partial charge in [-0.2, -0.15) is 0 Å². The summed E-state index contributed by atoms with van der Waals surface area (Å²) in [4.78, 5) is 0. The van der Waals surface area contributed by atoms with Gasteiger partial charge in [-0.3, -0.25) is 4.68 Å². The highest BCUT2D eigenvalue weighted by Gasteiger charge is 2.36. The van der Waals surface area contributed by atoms with Crippen LogP contribution >= 0.6 is 0 Å². The second-order valence-electron chi connectivity index (χ2n) is 4.07. The summed E-state index contributed by atoms with van der Waals surface area (Å²) in [7, 11) is 1.86. The number of aliphatic hydroxyl groups excluding tert-OH is 1. The van der Waals surface area contributed by atoms with Gasteiger partial charge in [0.1, 0.15) is 0 Å². The Balaban J connectivity index is 2.04. The highest BCUT2D eigenvalue weighted by Crippen LogP contribution is 2.42. The van der Waals surface area contributed by atoms with Crippen molar-refractivity contribution < 1.29 is 5.11 Å². The topological polar surface area (TPSA) is 50.9 Å². The fourth-order valence-corrected chi connectivity index (χ4v) is 1.93. The molecule has 0 amide bonds. The fourth-order valence-electron chi connectivity index (χ4n) is 1.93. The van der Waals surface area contributed by atoms with Gasteiger partial charge >= 0.3 is 0 Å². The highest BCUT2D eigenvalue weighted by molar-refractivity contribution is 5.01. The van der Waals surface area contributed by atoms with E-state index in [9.17, 15) is 5.11 Å². The van der Waals surface area contributed by atoms with Crippen LogP contribution in [0.25, 0.3) is 0 Å². The number of rotatable bonds is 3. The van der Waals surface area contributed by atoms with Crippen molar-refractivity contribution in [1.82, 2.24) is 15.0 Å². The van der Waals surface area contributed by atoms with Crippen LogP contribution in [-0.2, 0) is 13.5 Å². The average Bonchev–Trinajstić information content (AvgIpc) is 2.44. The monoisotopic (exact) mass is 181 g/mol. The van der Waals surface area contributed by atoms with Gasteiger partial charge in [0.15, 0.2) is 0 Å². The Morgan fingerprint density at radius 3 is 2.77 bits per heavy atom. The molecule has 13 heavy (non-hydrogen) atoms. The number of aryl methyl sites for hydroxylation is 1. The van der Waals surface area contributed by atoms with Crippen LogP contribution in [0.15, 0.2) is 6.20 Å². The zero-order valence-corrected chi connectivity index (χ0v) is 7.90. The molecule has 0 saturated heterocycles. The zero-order chi connectivity index (χ0) is 9.31. The molecule has 1 fully saturated rings. The lowest BCUT2D eigenvalue weighted by Gasteiger charge is -2.39. The molecule has 0 bridgehead atoms. The first-order valence-electron chi connectivity index (χ1n) is 4.70. The van der Waals surface area contributed by atoms with Gasteiger partial charge in [-0.1, -0.05) is 11.6 Å². The Morgan fingerprint density at radius 1 is 1.62 bits per heavy atom. The average molecular weight is 181 g/mol. The predicted molar refractivity (Wildman–Crippen MR) is 48.1 cm³/mol. The lowest BCUT2D eigenvalue weighted by Crippen LogP contribution is -2.35. The summed E-state index contributed by atoms with van der Waals surface area (Å²) in [5.74, 6) is 0. The van der Waals surface area contributed by atoms with Crippen molar-refractivity contribution in [3.05, 3.63) is 11.9 Å². The molecule has 2 rings (SSSR count). The van der Waals surface area contributed by atoms with Crippen molar-refractivity contribution >= 4 is 0 Å². The molecule has 1 aliphatic carbocycles. The minimum Gasteiger partial charge on any atom is -0.396 e. The van der Waals surface area contributed by atoms with E-state index in [0.717, 1.165) is 25.0 Å². The van der Waals surface area contributed by atoms with E-state index in [0.29, 0.717) is 0 Å². The number of aliphatic hydroxyl groups is 1. The first-order chi connectivity index (χ1) is 6.24. The molecular weight excluding hydrogens is 166 g/mol. The van der Waals surface area contributed by atoms with Crippen LogP contribution in [0.5, 0.6) is 0 Å². The predicted octanol–water partition coefficient (Wildman–Crippen LogP) is 0.520. The van der Waals surface area contributed by atoms with Gasteiger partial charge in [-0.05, 0) is 18.3 Å². The van der Waals surface area contributed by atoms with Crippen molar-refractivity contribution in [3.8, 4) is 0 Å². The molecule has 1 N–H and O–H groups in total. The van der Waals surface area contributed by atoms with E-state index in [1.54, 1.807) is 4.68 Å². The van der Waals surface area contributed by atoms with Crippen LogP contribution in [0, 0.1) is 5.41 Å². The van der Waals surface area contributed by atoms with E-state index in [-0.39, 0.29) is 12.0 Å². The van der Waals surface area contributed by atoms with Crippen molar-refractivity contribution in [3.63, 3.8) is 0 Å². The second kappa shape index (κ2) is 3.10. The van der Waals surface area contributed by atoms with E-state index in [1.165, 1.54) is 6.42 Å². The molecule has 0 unspecified atom stereocenters. The van der Waals surface area contributed by atoms with Crippen molar-refractivity contribution in [2.45, 2.75) is 25.7 Å². The molecule has 4 heteroatoms. The molecule has 0 spiro atoms. The van der Waals surface area contributed by atoms with Gasteiger partial charge in [0.25, 0.3) is 0 Å². The lowest BCUT2D eigenvalue weighted by molar-refractivity contribution is 0.0441. The molecule has 72 valence electrons. The van der Waals surface area contributed by atoms with E-state index in [1.807, 2.05) is 13.2 Å². The van der Waals surface area contributed by atoms with Crippen molar-refractivity contribution in [1.29, 1.82) is 0 Å². The number of nitrogens with zero attached hydrogens (tertiary/aromatic N) is 3. The highest BCUT2D eigenvalue weighted by atomic mass is 16.3. The van der Waals surface area contributed by atoms with E-state index in [2.05, 4.69) is 10.3 Å². The summed E-state index contributed by atoms with van der Waals surface area (Å²) in [6.45, 7) is 0.281. The second-order valence-corrected chi connectivity index (χ2v) is 4.07. The summed E-state index contributed by atoms with van der Waals surface area (Å²) >= 11 is 0. The summed E-state index contributed by atoms with van der Waals surface area (Å²) in [6, 6.07) is 0. The number of hydrogen-bond acceptors (Lipinski definition) is 3. The molecule has 1 heterocycles. The Morgan fingerprint density at radius 2 is 2.38 bits per heavy atom. The maximum atomic E-state index is 9.25. The normalized spacial score (nSPS) is 19.8. The van der Waals surface area contributed by atoms with E-state index in [4.69, 9.17) is 0 Å². The summed E-state index contributed by atoms with van der Waals surface area (Å²) < 4.78 is 1.71. The van der Waals surface area contributed by atoms with E-state index < -0.39 is 0 Å². The molecule has 1 aliphatic rings. The van der Waals surface area contributed by atoms with Crippen LogP contribution < -0.4 is 0 Å². The van der Waals surface area contributed by atoms with Gasteiger partial charge in [0, 0.05) is 26.3 Å². The molecule has 0 aliphatic heterocycles. The Hall–Kier alpha value is -0.900. The molecule has 1 aromatic rings. The van der Waals surface area contributed by atoms with Gasteiger partial charge < -0.3 is 5.11 Å². The van der Waals surface area contributed by atoms with Gasteiger partial charge in [-0.25, -0.2) is 0 Å². The smallest absolute Gasteiger partial charge is 0.0833 e. The largest absolute Gasteiger partial charge is 0.396 e. The maximum Gasteiger partial charge on any atom is 0.0833 e. The Kier molecular flexibility index (Phi) is 2.07. The zero-order valence-electron chi connectivity index (χ0n) is 7.90. The summed E-state index contributed by atoms with van der Waals surface area (Å²) in [5, 5.41) is 17.2. The molecule has 0 atom stereocenters. The van der Waals surface area contributed by atoms with E-state index >= 15 is 0 Å². The van der Waals surface area contributed by atoms with Crippen LogP contribution in [-0.4, -0.2) is 26.7 Å². The molecule has 4 nitrogen and oxygen atoms in total. The van der Waals surface area contributed by atoms with Crippen LogP contribution in [0.3, 0.4) is 0 Å². The minimum atomic E-state index is 0.121. The summed E-state index contributed by atoms with van der Waals surface area (Å²) in [5.41, 5.74) is 1.12. The molecule has 1 saturated carbocycles. The van der Waals surface area contributed by atoms with Gasteiger partial charge in [-0.15, -0.1) is 5.10 Å². The summed E-state index contributed by atoms with van der Waals surface area (Å²) in [6.07, 6.45) is 6.29. The van der Waals surface area contributed by atoms with Gasteiger partial charge in [0.05, 0.1) is 5.69 Å². The standard InChI is InChI=1S/C9H15N3O/c1-12-6-8(10-11-12)5-9(7-13)3-2-4-9/h6,13H,2-5,7H2,1H3. The number of hydrogen-bond donors (Lipinski definition) is 1. The van der Waals surface area contributed by atoms with Crippen molar-refractivity contribution in [2.24, 2.45) is 12.5 Å². The molecule has 0 radical (unpaired) electrons. The minimum absolute atomic E-state index is 0.121. The van der Waals surface area contributed by atoms with Crippen molar-refractivity contribution in [2.75, 3.05) is 6.61 Å². The quantitative estimate of drug-likeness (QED) is 0.739. The fraction of sp³-hybridized carbons (Fsp3) is 0.778. The molecular formula is C9H15N3O. The Bertz CT molecular complexity index is 285. The SMILES string of the molecule is Cn1cc(CC2(CO)CCC2)nn1. The Labute approximate surface area is 77.6 Å². The third-order valence-corrected chi connectivity index (χ3v) is 2.96. The van der Waals surface area contributed by atoms with Gasteiger partial charge in [0.2, 0.25) is 0 Å². The molecule has 1 aromatic heterocycles. The first-order valence-corrected chi connectivity index (χ1v) is 4.70.